The third-order valence-corrected chi connectivity index (χ3v) is 12.5. The quantitative estimate of drug-likeness (QED) is 0.123. The number of alkyl carbamates (subject to hydrolysis) is 2. The Hall–Kier alpha value is -5.87. The van der Waals surface area contributed by atoms with Crippen molar-refractivity contribution in [3.63, 3.8) is 0 Å². The average Bonchev–Trinajstić information content (AvgIpc) is 4.06. The van der Waals surface area contributed by atoms with Crippen molar-refractivity contribution < 1.29 is 49.4 Å². The molecule has 6 rings (SSSR count). The van der Waals surface area contributed by atoms with Crippen LogP contribution in [-0.2, 0) is 23.9 Å². The van der Waals surface area contributed by atoms with E-state index < -0.39 is 24.3 Å². The molecule has 0 aromatic heterocycles. The molecule has 3 aromatic rings. The highest BCUT2D eigenvalue weighted by Gasteiger charge is 2.40. The number of ether oxygens (including phenoxy) is 3. The molecule has 3 heterocycles. The number of rotatable bonds is 15. The first-order chi connectivity index (χ1) is 29.8. The maximum absolute atomic E-state index is 13.6. The van der Waals surface area contributed by atoms with Gasteiger partial charge < -0.3 is 50.8 Å². The Morgan fingerprint density at radius 3 is 1.67 bits per heavy atom. The minimum absolute atomic E-state index is 0. The summed E-state index contributed by atoms with van der Waals surface area (Å²) in [5, 5.41) is 11.7. The maximum atomic E-state index is 13.6. The number of methoxy groups -OCH3 is 3. The van der Waals surface area contributed by atoms with Gasteiger partial charge in [-0.15, -0.1) is 0 Å². The van der Waals surface area contributed by atoms with Crippen LogP contribution in [0.5, 0.6) is 5.75 Å². The Balaban J connectivity index is 0.00000449. The maximum Gasteiger partial charge on any atom is 0.407 e. The van der Waals surface area contributed by atoms with Gasteiger partial charge in [0.05, 0.1) is 39.5 Å². The topological polar surface area (TPSA) is 202 Å². The minimum atomic E-state index is -0.806. The summed E-state index contributed by atoms with van der Waals surface area (Å²) in [6, 6.07) is 22.3. The molecule has 6 N–H and O–H groups in total. The van der Waals surface area contributed by atoms with Crippen molar-refractivity contribution in [1.82, 2.24) is 20.4 Å². The van der Waals surface area contributed by atoms with Gasteiger partial charge in [-0.3, -0.25) is 19.3 Å². The molecule has 3 aliphatic heterocycles. The zero-order valence-corrected chi connectivity index (χ0v) is 37.5. The van der Waals surface area contributed by atoms with Crippen molar-refractivity contribution in [2.45, 2.75) is 102 Å². The Morgan fingerprint density at radius 2 is 1.16 bits per heavy atom. The van der Waals surface area contributed by atoms with E-state index in [2.05, 4.69) is 55.3 Å². The summed E-state index contributed by atoms with van der Waals surface area (Å²) in [7, 11) is 4.26. The fraction of sp³-hybridized carbons (Fsp3) is 0.511. The van der Waals surface area contributed by atoms with Crippen LogP contribution in [0.2, 0.25) is 0 Å². The summed E-state index contributed by atoms with van der Waals surface area (Å²) in [6.45, 7) is 9.55. The van der Waals surface area contributed by atoms with E-state index in [1.807, 2.05) is 76.2 Å². The van der Waals surface area contributed by atoms with E-state index in [1.165, 1.54) is 14.2 Å². The molecule has 16 heteroatoms. The largest absolute Gasteiger partial charge is 0.497 e. The highest BCUT2D eigenvalue weighted by molar-refractivity contribution is 5.99. The second-order valence-electron chi connectivity index (χ2n) is 17.1. The molecule has 5 amide bonds. The number of anilines is 3. The van der Waals surface area contributed by atoms with Crippen molar-refractivity contribution in [2.75, 3.05) is 56.5 Å². The predicted octanol–water partition coefficient (Wildman–Crippen LogP) is 7.03. The molecule has 350 valence electrons. The molecule has 2 unspecified atom stereocenters. The van der Waals surface area contributed by atoms with Crippen LogP contribution in [0.3, 0.4) is 0 Å². The molecule has 0 saturated carbocycles. The van der Waals surface area contributed by atoms with Crippen LogP contribution >= 0.6 is 0 Å². The third-order valence-electron chi connectivity index (χ3n) is 12.5. The van der Waals surface area contributed by atoms with Gasteiger partial charge in [-0.05, 0) is 117 Å². The van der Waals surface area contributed by atoms with Gasteiger partial charge in [0, 0.05) is 41.9 Å². The summed E-state index contributed by atoms with van der Waals surface area (Å²) in [5.74, 6) is 0.119. The SMILES string of the molecule is COC(=O)N[C@H](C(=O)N1CCC[C@H]1C(=O)Nc1ccc(C2CCC(c3ccc(NC(=O)[C@@H]4CCCN4C[C@@H](NC(=O)OC)C(C)C)cc3)N2c2ccc(OC)cc2)cc1)C(C)C.O.[HH].[HH].[HH].[HH]. The van der Waals surface area contributed by atoms with Gasteiger partial charge in [0.15, 0.2) is 0 Å². The van der Waals surface area contributed by atoms with Crippen LogP contribution in [0.25, 0.3) is 0 Å². The minimum Gasteiger partial charge on any atom is -0.497 e. The van der Waals surface area contributed by atoms with Gasteiger partial charge in [0.25, 0.3) is 0 Å². The molecule has 3 aliphatic rings. The number of nitrogens with one attached hydrogen (secondary N) is 4. The van der Waals surface area contributed by atoms with E-state index in [9.17, 15) is 24.0 Å². The van der Waals surface area contributed by atoms with E-state index in [0.29, 0.717) is 31.6 Å². The molecule has 0 aliphatic carbocycles. The lowest BCUT2D eigenvalue weighted by molar-refractivity contribution is -0.139. The smallest absolute Gasteiger partial charge is 0.407 e. The summed E-state index contributed by atoms with van der Waals surface area (Å²) in [4.78, 5) is 70.9. The monoisotopic (exact) mass is 880 g/mol. The van der Waals surface area contributed by atoms with E-state index in [-0.39, 0.29) is 64.9 Å². The molecule has 3 fully saturated rings. The summed E-state index contributed by atoms with van der Waals surface area (Å²) < 4.78 is 15.0. The third kappa shape index (κ3) is 11.6. The fourth-order valence-electron chi connectivity index (χ4n) is 9.02. The zero-order chi connectivity index (χ0) is 44.5. The molecular weight excluding hydrogens is 807 g/mol. The van der Waals surface area contributed by atoms with Crippen molar-refractivity contribution in [1.29, 1.82) is 0 Å². The molecule has 0 spiro atoms. The van der Waals surface area contributed by atoms with Crippen LogP contribution in [0, 0.1) is 11.8 Å². The molecule has 0 bridgehead atoms. The van der Waals surface area contributed by atoms with Crippen LogP contribution in [0.1, 0.15) is 95.1 Å². The number of amides is 5. The highest BCUT2D eigenvalue weighted by Crippen LogP contribution is 2.47. The van der Waals surface area contributed by atoms with Crippen LogP contribution in [0.15, 0.2) is 72.8 Å². The Kier molecular flexibility index (Phi) is 16.8. The number of carbonyl (C=O) groups excluding carboxylic acids is 5. The van der Waals surface area contributed by atoms with Gasteiger partial charge in [0.2, 0.25) is 17.7 Å². The first-order valence-corrected chi connectivity index (χ1v) is 21.8. The van der Waals surface area contributed by atoms with Crippen molar-refractivity contribution in [3.8, 4) is 5.75 Å². The molecule has 0 radical (unpaired) electrons. The number of benzene rings is 3. The molecular formula is C47H73N7O9. The van der Waals surface area contributed by atoms with E-state index in [4.69, 9.17) is 14.2 Å². The first kappa shape index (κ1) is 48.2. The van der Waals surface area contributed by atoms with Gasteiger partial charge in [-0.2, -0.15) is 0 Å². The molecule has 16 nitrogen and oxygen atoms in total. The van der Waals surface area contributed by atoms with Gasteiger partial charge in [-0.25, -0.2) is 9.59 Å². The van der Waals surface area contributed by atoms with Crippen LogP contribution < -0.4 is 30.9 Å². The Morgan fingerprint density at radius 1 is 0.651 bits per heavy atom. The van der Waals surface area contributed by atoms with E-state index in [0.717, 1.165) is 60.5 Å². The standard InChI is InChI=1S/C47H63N7O8.H2O.4H2/c1-29(2)37(50-46(58)61-6)28-52-26-8-10-40(52)43(55)48-33-16-12-31(13-17-33)38-24-25-39(54(38)35-20-22-36(60-5)23-21-35)32-14-18-34(19-15-32)49-44(56)41-11-9-27-53(41)45(57)42(30(3)4)51-47(59)62-7;;;;;/h12-23,29-30,37-42H,8-11,24-28H2,1-7H3,(H,48,55)(H,49,56)(H,50,58)(H,51,59);1H2;4*1H/t37-,38?,39?,40+,41+,42+;;;;;/m1...../s1. The molecule has 3 saturated heterocycles. The lowest BCUT2D eigenvalue weighted by Crippen LogP contribution is -2.54. The molecule has 3 aromatic carbocycles. The number of carbonyl (C=O) groups is 5. The van der Waals surface area contributed by atoms with E-state index in [1.54, 1.807) is 12.0 Å². The van der Waals surface area contributed by atoms with E-state index >= 15 is 0 Å². The number of hydrogen-bond donors (Lipinski definition) is 4. The lowest BCUT2D eigenvalue weighted by atomic mass is 10.0. The van der Waals surface area contributed by atoms with Crippen LogP contribution in [0.4, 0.5) is 26.7 Å². The van der Waals surface area contributed by atoms with Gasteiger partial charge >= 0.3 is 12.2 Å². The second-order valence-corrected chi connectivity index (χ2v) is 17.1. The first-order valence-electron chi connectivity index (χ1n) is 21.8. The van der Waals surface area contributed by atoms with Crippen molar-refractivity contribution in [2.24, 2.45) is 11.8 Å². The van der Waals surface area contributed by atoms with Gasteiger partial charge in [-0.1, -0.05) is 52.0 Å². The molecule has 6 atom stereocenters. The van der Waals surface area contributed by atoms with Gasteiger partial charge in [0.1, 0.15) is 17.8 Å². The summed E-state index contributed by atoms with van der Waals surface area (Å²) >= 11 is 0. The number of nitrogens with zero attached hydrogens (tertiary/aromatic N) is 3. The number of hydrogen-bond acceptors (Lipinski definition) is 10. The highest BCUT2D eigenvalue weighted by atomic mass is 16.5. The predicted molar refractivity (Wildman–Crippen MR) is 250 cm³/mol. The van der Waals surface area contributed by atoms with Crippen molar-refractivity contribution in [3.05, 3.63) is 83.9 Å². The van der Waals surface area contributed by atoms with Crippen molar-refractivity contribution >= 4 is 47.0 Å². The average molecular weight is 880 g/mol. The zero-order valence-electron chi connectivity index (χ0n) is 37.5. The molecule has 63 heavy (non-hydrogen) atoms. The fourth-order valence-corrected chi connectivity index (χ4v) is 9.02. The summed E-state index contributed by atoms with van der Waals surface area (Å²) in [6.07, 6.45) is 3.48. The Bertz CT molecular complexity index is 2030. The van der Waals surface area contributed by atoms with Crippen LogP contribution in [-0.4, -0.2) is 110 Å². The second kappa shape index (κ2) is 22.0. The normalized spacial score (nSPS) is 20.7. The Labute approximate surface area is 376 Å². The number of likely N-dealkylation sites (tertiary alicyclic amines) is 2. The summed E-state index contributed by atoms with van der Waals surface area (Å²) in [5.41, 5.74) is 4.62. The lowest BCUT2D eigenvalue weighted by Gasteiger charge is -2.33.